The maximum atomic E-state index is 12.1. The van der Waals surface area contributed by atoms with Crippen molar-refractivity contribution in [3.8, 4) is 5.88 Å². The highest BCUT2D eigenvalue weighted by atomic mass is 16.5. The van der Waals surface area contributed by atoms with Gasteiger partial charge in [-0.15, -0.1) is 0 Å². The number of benzene rings is 1. The number of hydrogen-bond donors (Lipinski definition) is 2. The number of nitrogens with one attached hydrogen (secondary N) is 1. The molecule has 2 aromatic rings. The summed E-state index contributed by atoms with van der Waals surface area (Å²) in [7, 11) is 0. The van der Waals surface area contributed by atoms with Gasteiger partial charge in [0.25, 0.3) is 5.91 Å². The molecule has 1 amide bonds. The quantitative estimate of drug-likeness (QED) is 0.822. The average molecular weight is 311 g/mol. The lowest BCUT2D eigenvalue weighted by Gasteiger charge is -2.07. The number of carbonyl (C=O) groups excluding carboxylic acids is 1. The molecular weight excluding hydrogens is 290 g/mol. The molecule has 23 heavy (non-hydrogen) atoms. The molecule has 3 rings (SSSR count). The second-order valence-corrected chi connectivity index (χ2v) is 5.84. The van der Waals surface area contributed by atoms with E-state index in [0.29, 0.717) is 30.5 Å². The number of hydrogen-bond acceptors (Lipinski definition) is 4. The van der Waals surface area contributed by atoms with Gasteiger partial charge < -0.3 is 15.8 Å². The van der Waals surface area contributed by atoms with E-state index in [1.54, 1.807) is 18.3 Å². The van der Waals surface area contributed by atoms with E-state index in [1.807, 2.05) is 24.3 Å². The number of nitrogens with zero attached hydrogens (tertiary/aromatic N) is 1. The van der Waals surface area contributed by atoms with Gasteiger partial charge in [-0.3, -0.25) is 4.79 Å². The van der Waals surface area contributed by atoms with Gasteiger partial charge in [-0.25, -0.2) is 4.98 Å². The Labute approximate surface area is 135 Å². The Hall–Kier alpha value is -2.40. The molecule has 1 aromatic heterocycles. The second kappa shape index (κ2) is 7.24. The zero-order valence-corrected chi connectivity index (χ0v) is 13.0. The van der Waals surface area contributed by atoms with E-state index in [9.17, 15) is 4.79 Å². The van der Waals surface area contributed by atoms with Crippen LogP contribution < -0.4 is 15.8 Å². The molecule has 5 nitrogen and oxygen atoms in total. The van der Waals surface area contributed by atoms with Crippen molar-refractivity contribution < 1.29 is 9.53 Å². The van der Waals surface area contributed by atoms with E-state index in [0.717, 1.165) is 17.7 Å². The van der Waals surface area contributed by atoms with Crippen LogP contribution in [-0.4, -0.2) is 17.5 Å². The molecule has 0 bridgehead atoms. The lowest BCUT2D eigenvalue weighted by molar-refractivity contribution is 0.0951. The fraction of sp³-hybridized carbons (Fsp3) is 0.333. The van der Waals surface area contributed by atoms with Crippen LogP contribution in [0.15, 0.2) is 42.6 Å². The van der Waals surface area contributed by atoms with Crippen LogP contribution >= 0.6 is 0 Å². The van der Waals surface area contributed by atoms with Crippen LogP contribution in [0.1, 0.15) is 34.3 Å². The summed E-state index contributed by atoms with van der Waals surface area (Å²) in [5.41, 5.74) is 8.12. The van der Waals surface area contributed by atoms with Crippen molar-refractivity contribution in [3.63, 3.8) is 0 Å². The molecule has 0 atom stereocenters. The maximum absolute atomic E-state index is 12.1. The van der Waals surface area contributed by atoms with Gasteiger partial charge in [-0.1, -0.05) is 18.2 Å². The molecule has 1 fully saturated rings. The van der Waals surface area contributed by atoms with Crippen LogP contribution in [0.4, 0.5) is 0 Å². The molecule has 0 radical (unpaired) electrons. The first-order valence-electron chi connectivity index (χ1n) is 7.89. The summed E-state index contributed by atoms with van der Waals surface area (Å²) in [4.78, 5) is 16.3. The van der Waals surface area contributed by atoms with Gasteiger partial charge in [-0.2, -0.15) is 0 Å². The van der Waals surface area contributed by atoms with Crippen LogP contribution in [0.2, 0.25) is 0 Å². The number of carbonyl (C=O) groups is 1. The molecule has 0 unspecified atom stereocenters. The minimum atomic E-state index is -0.109. The third-order valence-corrected chi connectivity index (χ3v) is 3.87. The predicted molar refractivity (Wildman–Crippen MR) is 88.0 cm³/mol. The first-order valence-corrected chi connectivity index (χ1v) is 7.89. The summed E-state index contributed by atoms with van der Waals surface area (Å²) >= 11 is 0. The van der Waals surface area contributed by atoms with E-state index in [1.165, 1.54) is 12.8 Å². The number of aromatic nitrogens is 1. The Balaban J connectivity index is 1.49. The van der Waals surface area contributed by atoms with Crippen molar-refractivity contribution in [2.24, 2.45) is 11.7 Å². The monoisotopic (exact) mass is 311 g/mol. The lowest BCUT2D eigenvalue weighted by atomic mass is 10.1. The van der Waals surface area contributed by atoms with E-state index < -0.39 is 0 Å². The summed E-state index contributed by atoms with van der Waals surface area (Å²) in [5, 5.41) is 2.88. The average Bonchev–Trinajstić information content (AvgIpc) is 3.43. The van der Waals surface area contributed by atoms with Gasteiger partial charge in [0.1, 0.15) is 0 Å². The van der Waals surface area contributed by atoms with Gasteiger partial charge in [0.2, 0.25) is 5.88 Å². The van der Waals surface area contributed by atoms with Crippen molar-refractivity contribution in [2.45, 2.75) is 25.9 Å². The van der Waals surface area contributed by atoms with E-state index in [4.69, 9.17) is 10.5 Å². The lowest BCUT2D eigenvalue weighted by Crippen LogP contribution is -2.22. The first-order chi connectivity index (χ1) is 11.2. The van der Waals surface area contributed by atoms with E-state index in [2.05, 4.69) is 10.3 Å². The Morgan fingerprint density at radius 2 is 1.91 bits per heavy atom. The topological polar surface area (TPSA) is 77.2 Å². The summed E-state index contributed by atoms with van der Waals surface area (Å²) in [5.74, 6) is 1.24. The molecule has 1 aliphatic carbocycles. The van der Waals surface area contributed by atoms with Gasteiger partial charge in [0.05, 0.1) is 6.61 Å². The van der Waals surface area contributed by atoms with Crippen molar-refractivity contribution >= 4 is 5.91 Å². The van der Waals surface area contributed by atoms with Crippen molar-refractivity contribution in [2.75, 3.05) is 6.61 Å². The third-order valence-electron chi connectivity index (χ3n) is 3.87. The first kappa shape index (κ1) is 15.5. The fourth-order valence-electron chi connectivity index (χ4n) is 2.17. The van der Waals surface area contributed by atoms with Crippen LogP contribution in [0, 0.1) is 5.92 Å². The Morgan fingerprint density at radius 1 is 1.17 bits per heavy atom. The highest BCUT2D eigenvalue weighted by molar-refractivity contribution is 5.94. The van der Waals surface area contributed by atoms with Crippen LogP contribution in [0.25, 0.3) is 0 Å². The molecule has 5 heteroatoms. The number of nitrogens with two attached hydrogens (primary N) is 1. The summed E-state index contributed by atoms with van der Waals surface area (Å²) in [6, 6.07) is 11.1. The van der Waals surface area contributed by atoms with Crippen molar-refractivity contribution in [3.05, 3.63) is 59.3 Å². The van der Waals surface area contributed by atoms with Crippen LogP contribution in [-0.2, 0) is 13.1 Å². The molecule has 0 aliphatic heterocycles. The molecule has 120 valence electrons. The number of rotatable bonds is 7. The Kier molecular flexibility index (Phi) is 4.88. The van der Waals surface area contributed by atoms with Crippen LogP contribution in [0.3, 0.4) is 0 Å². The normalized spacial score (nSPS) is 13.6. The highest BCUT2D eigenvalue weighted by Crippen LogP contribution is 2.29. The highest BCUT2D eigenvalue weighted by Gasteiger charge is 2.22. The molecule has 1 saturated carbocycles. The number of pyridine rings is 1. The third kappa shape index (κ3) is 4.53. The minimum Gasteiger partial charge on any atom is -0.477 e. The molecule has 1 aliphatic rings. The van der Waals surface area contributed by atoms with Gasteiger partial charge >= 0.3 is 0 Å². The minimum absolute atomic E-state index is 0.109. The van der Waals surface area contributed by atoms with Crippen LogP contribution in [0.5, 0.6) is 5.88 Å². The van der Waals surface area contributed by atoms with Gasteiger partial charge in [-0.05, 0) is 42.0 Å². The molecular formula is C18H21N3O2. The summed E-state index contributed by atoms with van der Waals surface area (Å²) in [6.45, 7) is 1.66. The predicted octanol–water partition coefficient (Wildman–Crippen LogP) is 2.26. The summed E-state index contributed by atoms with van der Waals surface area (Å²) in [6.07, 6.45) is 4.26. The molecule has 0 spiro atoms. The maximum Gasteiger partial charge on any atom is 0.251 e. The molecule has 3 N–H and O–H groups in total. The van der Waals surface area contributed by atoms with Crippen molar-refractivity contribution in [1.29, 1.82) is 0 Å². The largest absolute Gasteiger partial charge is 0.477 e. The van der Waals surface area contributed by atoms with Gasteiger partial charge in [0, 0.05) is 30.9 Å². The molecule has 1 heterocycles. The molecule has 0 saturated heterocycles. The standard InChI is InChI=1S/C18H21N3O2/c19-9-13-3-6-16(7-4-13)18(22)21-11-15-5-8-17(20-10-15)23-12-14-1-2-14/h3-8,10,14H,1-2,9,11-12,19H2,(H,21,22). The number of amides is 1. The number of ether oxygens (including phenoxy) is 1. The SMILES string of the molecule is NCc1ccc(C(=O)NCc2ccc(OCC3CC3)nc2)cc1. The van der Waals surface area contributed by atoms with E-state index in [-0.39, 0.29) is 5.91 Å². The Morgan fingerprint density at radius 3 is 2.52 bits per heavy atom. The zero-order valence-electron chi connectivity index (χ0n) is 13.0. The van der Waals surface area contributed by atoms with Gasteiger partial charge in [0.15, 0.2) is 0 Å². The van der Waals surface area contributed by atoms with E-state index >= 15 is 0 Å². The molecule has 1 aromatic carbocycles. The van der Waals surface area contributed by atoms with Crippen molar-refractivity contribution in [1.82, 2.24) is 10.3 Å². The summed E-state index contributed by atoms with van der Waals surface area (Å²) < 4.78 is 5.59. The second-order valence-electron chi connectivity index (χ2n) is 5.84. The smallest absolute Gasteiger partial charge is 0.251 e. The fourth-order valence-corrected chi connectivity index (χ4v) is 2.17. The Bertz CT molecular complexity index is 649. The zero-order chi connectivity index (χ0) is 16.1.